The molecule has 0 radical (unpaired) electrons. The molecule has 4 nitrogen and oxygen atoms in total. The van der Waals surface area contributed by atoms with Crippen LogP contribution in [0.25, 0.3) is 0 Å². The molecule has 0 unspecified atom stereocenters. The van der Waals surface area contributed by atoms with Gasteiger partial charge in [-0.2, -0.15) is 0 Å². The highest BCUT2D eigenvalue weighted by molar-refractivity contribution is 6.13. The second-order valence-corrected chi connectivity index (χ2v) is 5.63. The maximum atomic E-state index is 13.6. The topological polar surface area (TPSA) is 49.4 Å². The first-order valence-corrected chi connectivity index (χ1v) is 7.09. The van der Waals surface area contributed by atoms with Gasteiger partial charge >= 0.3 is 0 Å². The van der Waals surface area contributed by atoms with Crippen molar-refractivity contribution >= 4 is 17.5 Å². The van der Waals surface area contributed by atoms with E-state index in [9.17, 15) is 18.4 Å². The molecule has 0 spiro atoms. The zero-order valence-electron chi connectivity index (χ0n) is 11.5. The molecule has 2 fully saturated rings. The number of para-hydroxylation sites is 1. The molecule has 1 aromatic carbocycles. The lowest BCUT2D eigenvalue weighted by molar-refractivity contribution is -0.141. The lowest BCUT2D eigenvalue weighted by Gasteiger charge is -2.22. The van der Waals surface area contributed by atoms with Gasteiger partial charge in [-0.05, 0) is 37.8 Å². The summed E-state index contributed by atoms with van der Waals surface area (Å²) in [5, 5.41) is 2.25. The minimum atomic E-state index is -1.13. The van der Waals surface area contributed by atoms with Crippen molar-refractivity contribution in [3.05, 3.63) is 29.8 Å². The molecule has 0 atom stereocenters. The molecule has 1 saturated heterocycles. The van der Waals surface area contributed by atoms with E-state index < -0.39 is 28.6 Å². The summed E-state index contributed by atoms with van der Waals surface area (Å²) in [5.41, 5.74) is -1.61. The first-order valence-electron chi connectivity index (χ1n) is 7.09. The Morgan fingerprint density at radius 2 is 1.67 bits per heavy atom. The number of hydrogen-bond donors (Lipinski definition) is 1. The van der Waals surface area contributed by atoms with Crippen LogP contribution in [0.3, 0.4) is 0 Å². The van der Waals surface area contributed by atoms with Gasteiger partial charge in [0.15, 0.2) is 0 Å². The molecule has 2 aliphatic rings. The number of rotatable bonds is 3. The van der Waals surface area contributed by atoms with Crippen LogP contribution in [0.2, 0.25) is 0 Å². The molecular weight excluding hydrogens is 278 g/mol. The average molecular weight is 294 g/mol. The molecule has 2 amide bonds. The summed E-state index contributed by atoms with van der Waals surface area (Å²) in [4.78, 5) is 26.4. The van der Waals surface area contributed by atoms with E-state index in [1.807, 2.05) is 0 Å². The van der Waals surface area contributed by atoms with Gasteiger partial charge in [-0.25, -0.2) is 8.78 Å². The maximum Gasteiger partial charge on any atom is 0.240 e. The molecule has 21 heavy (non-hydrogen) atoms. The zero-order chi connectivity index (χ0) is 15.0. The van der Waals surface area contributed by atoms with E-state index >= 15 is 0 Å². The van der Waals surface area contributed by atoms with Crippen LogP contribution in [-0.2, 0) is 9.59 Å². The highest BCUT2D eigenvalue weighted by Crippen LogP contribution is 2.48. The van der Waals surface area contributed by atoms with Crippen LogP contribution < -0.4 is 5.32 Å². The van der Waals surface area contributed by atoms with Gasteiger partial charge in [-0.15, -0.1) is 0 Å². The minimum Gasteiger partial charge on any atom is -0.342 e. The number of carbonyl (C=O) groups is 2. The van der Waals surface area contributed by atoms with Gasteiger partial charge in [0.1, 0.15) is 22.7 Å². The summed E-state index contributed by atoms with van der Waals surface area (Å²) < 4.78 is 27.1. The van der Waals surface area contributed by atoms with Crippen molar-refractivity contribution in [1.29, 1.82) is 0 Å². The Labute approximate surface area is 121 Å². The molecule has 3 rings (SSSR count). The normalized spacial score (nSPS) is 19.4. The SMILES string of the molecule is O=C(Nc1c(F)cccc1F)C1(C(=O)N2CCCC2)CC1. The van der Waals surface area contributed by atoms with Gasteiger partial charge in [0.2, 0.25) is 11.8 Å². The molecule has 1 N–H and O–H groups in total. The monoisotopic (exact) mass is 294 g/mol. The third kappa shape index (κ3) is 2.39. The predicted molar refractivity (Wildman–Crippen MR) is 72.5 cm³/mol. The van der Waals surface area contributed by atoms with Gasteiger partial charge in [0.05, 0.1) is 0 Å². The highest BCUT2D eigenvalue weighted by Gasteiger charge is 2.58. The number of amides is 2. The zero-order valence-corrected chi connectivity index (χ0v) is 11.5. The first kappa shape index (κ1) is 14.0. The molecule has 0 aromatic heterocycles. The predicted octanol–water partition coefficient (Wildman–Crippen LogP) is 2.31. The van der Waals surface area contributed by atoms with E-state index in [0.717, 1.165) is 25.0 Å². The number of anilines is 1. The third-order valence-electron chi connectivity index (χ3n) is 4.19. The fourth-order valence-corrected chi connectivity index (χ4v) is 2.74. The summed E-state index contributed by atoms with van der Waals surface area (Å²) in [6, 6.07) is 3.36. The van der Waals surface area contributed by atoms with Crippen LogP contribution in [-0.4, -0.2) is 29.8 Å². The molecule has 1 heterocycles. The lowest BCUT2D eigenvalue weighted by atomic mass is 10.0. The minimum absolute atomic E-state index is 0.214. The van der Waals surface area contributed by atoms with Crippen molar-refractivity contribution in [2.75, 3.05) is 18.4 Å². The lowest BCUT2D eigenvalue weighted by Crippen LogP contribution is -2.41. The van der Waals surface area contributed by atoms with Crippen molar-refractivity contribution < 1.29 is 18.4 Å². The quantitative estimate of drug-likeness (QED) is 0.870. The average Bonchev–Trinajstić information content (AvgIpc) is 3.09. The molecule has 1 aliphatic carbocycles. The van der Waals surface area contributed by atoms with E-state index in [-0.39, 0.29) is 5.91 Å². The van der Waals surface area contributed by atoms with Crippen LogP contribution in [0.4, 0.5) is 14.5 Å². The van der Waals surface area contributed by atoms with E-state index in [2.05, 4.69) is 5.32 Å². The van der Waals surface area contributed by atoms with Gasteiger partial charge < -0.3 is 10.2 Å². The molecule has 1 aromatic rings. The number of nitrogens with one attached hydrogen (secondary N) is 1. The van der Waals surface area contributed by atoms with Crippen molar-refractivity contribution in [1.82, 2.24) is 4.90 Å². The standard InChI is InChI=1S/C15H16F2N2O2/c16-10-4-3-5-11(17)12(10)18-13(20)15(6-7-15)14(21)19-8-1-2-9-19/h3-5H,1-2,6-9H2,(H,18,20). The van der Waals surface area contributed by atoms with Crippen molar-refractivity contribution in [2.24, 2.45) is 5.41 Å². The van der Waals surface area contributed by atoms with Crippen LogP contribution in [0.15, 0.2) is 18.2 Å². The smallest absolute Gasteiger partial charge is 0.240 e. The molecule has 1 saturated carbocycles. The van der Waals surface area contributed by atoms with Gasteiger partial charge in [-0.3, -0.25) is 9.59 Å². The van der Waals surface area contributed by atoms with E-state index in [4.69, 9.17) is 0 Å². The number of nitrogens with zero attached hydrogens (tertiary/aromatic N) is 1. The summed E-state index contributed by atoms with van der Waals surface area (Å²) in [6.45, 7) is 1.31. The van der Waals surface area contributed by atoms with E-state index in [1.165, 1.54) is 6.07 Å². The Hall–Kier alpha value is -1.98. The summed E-state index contributed by atoms with van der Waals surface area (Å²) in [5.74, 6) is -2.50. The molecule has 0 bridgehead atoms. The van der Waals surface area contributed by atoms with E-state index in [0.29, 0.717) is 25.9 Å². The van der Waals surface area contributed by atoms with Crippen LogP contribution >= 0.6 is 0 Å². The van der Waals surface area contributed by atoms with Gasteiger partial charge in [0, 0.05) is 13.1 Å². The number of carbonyl (C=O) groups excluding carboxylic acids is 2. The van der Waals surface area contributed by atoms with Crippen molar-refractivity contribution in [3.8, 4) is 0 Å². The molecule has 112 valence electrons. The molecule has 1 aliphatic heterocycles. The first-order chi connectivity index (χ1) is 10.0. The Morgan fingerprint density at radius 3 is 2.19 bits per heavy atom. The second-order valence-electron chi connectivity index (χ2n) is 5.63. The summed E-state index contributed by atoms with van der Waals surface area (Å²) in [7, 11) is 0. The van der Waals surface area contributed by atoms with Crippen molar-refractivity contribution in [3.63, 3.8) is 0 Å². The van der Waals surface area contributed by atoms with Crippen LogP contribution in [0.5, 0.6) is 0 Å². The Kier molecular flexibility index (Phi) is 3.39. The largest absolute Gasteiger partial charge is 0.342 e. The number of likely N-dealkylation sites (tertiary alicyclic amines) is 1. The van der Waals surface area contributed by atoms with Crippen LogP contribution in [0, 0.1) is 17.0 Å². The Bertz CT molecular complexity index is 573. The summed E-state index contributed by atoms with van der Waals surface area (Å²) >= 11 is 0. The third-order valence-corrected chi connectivity index (χ3v) is 4.19. The molecular formula is C15H16F2N2O2. The van der Waals surface area contributed by atoms with Gasteiger partial charge in [0.25, 0.3) is 0 Å². The van der Waals surface area contributed by atoms with Crippen molar-refractivity contribution in [2.45, 2.75) is 25.7 Å². The highest BCUT2D eigenvalue weighted by atomic mass is 19.1. The maximum absolute atomic E-state index is 13.6. The Morgan fingerprint density at radius 1 is 1.10 bits per heavy atom. The fourth-order valence-electron chi connectivity index (χ4n) is 2.74. The Balaban J connectivity index is 1.77. The second kappa shape index (κ2) is 5.09. The molecule has 6 heteroatoms. The number of hydrogen-bond acceptors (Lipinski definition) is 2. The van der Waals surface area contributed by atoms with Gasteiger partial charge in [-0.1, -0.05) is 6.07 Å². The number of benzene rings is 1. The van der Waals surface area contributed by atoms with Crippen LogP contribution in [0.1, 0.15) is 25.7 Å². The summed E-state index contributed by atoms with van der Waals surface area (Å²) in [6.07, 6.45) is 2.74. The van der Waals surface area contributed by atoms with E-state index in [1.54, 1.807) is 4.90 Å². The fraction of sp³-hybridized carbons (Fsp3) is 0.467. The number of halogens is 2.